The van der Waals surface area contributed by atoms with Crippen LogP contribution >= 0.6 is 11.3 Å². The molecule has 0 radical (unpaired) electrons. The molecule has 39 heavy (non-hydrogen) atoms. The number of thiazole rings is 1. The van der Waals surface area contributed by atoms with Gasteiger partial charge >= 0.3 is 6.09 Å². The van der Waals surface area contributed by atoms with Gasteiger partial charge in [-0.3, -0.25) is 19.5 Å². The van der Waals surface area contributed by atoms with Crippen LogP contribution in [0.15, 0.2) is 42.0 Å². The van der Waals surface area contributed by atoms with Crippen molar-refractivity contribution in [2.24, 2.45) is 0 Å². The zero-order chi connectivity index (χ0) is 27.7. The van der Waals surface area contributed by atoms with E-state index in [4.69, 9.17) is 9.47 Å². The van der Waals surface area contributed by atoms with Crippen LogP contribution in [0, 0.1) is 0 Å². The number of piperazine rings is 1. The molecule has 1 fully saturated rings. The first kappa shape index (κ1) is 26.4. The van der Waals surface area contributed by atoms with E-state index >= 15 is 0 Å². The van der Waals surface area contributed by atoms with Crippen LogP contribution in [-0.4, -0.2) is 71.7 Å². The average molecular weight is 551 g/mol. The zero-order valence-corrected chi connectivity index (χ0v) is 23.1. The van der Waals surface area contributed by atoms with E-state index < -0.39 is 11.5 Å². The quantitative estimate of drug-likeness (QED) is 0.506. The van der Waals surface area contributed by atoms with Crippen molar-refractivity contribution in [2.75, 3.05) is 48.4 Å². The van der Waals surface area contributed by atoms with Crippen molar-refractivity contribution in [3.8, 4) is 5.75 Å². The molecule has 3 amide bonds. The number of fused-ring (bicyclic) bond motifs is 1. The second kappa shape index (κ2) is 10.5. The molecule has 1 aromatic carbocycles. The maximum atomic E-state index is 13.1. The molecule has 2 aliphatic heterocycles. The molecule has 4 heterocycles. The highest BCUT2D eigenvalue weighted by atomic mass is 32.1. The summed E-state index contributed by atoms with van der Waals surface area (Å²) in [5.74, 6) is 0.0388. The number of aromatic nitrogens is 2. The van der Waals surface area contributed by atoms with Crippen molar-refractivity contribution in [1.82, 2.24) is 14.9 Å². The SMILES string of the molecule is COc1ccc2c(c1)C(=O)N(c1nc(C(=O)Nc3cnccc3N3CCN(C(=O)OC(C)(C)C)CC3)cs1)C2. The maximum absolute atomic E-state index is 13.1. The minimum absolute atomic E-state index is 0.176. The monoisotopic (exact) mass is 550 g/mol. The van der Waals surface area contributed by atoms with Crippen molar-refractivity contribution in [2.45, 2.75) is 32.9 Å². The van der Waals surface area contributed by atoms with Gasteiger partial charge in [0.2, 0.25) is 0 Å². The molecular formula is C27H30N6O5S. The molecule has 0 saturated carbocycles. The van der Waals surface area contributed by atoms with Gasteiger partial charge < -0.3 is 24.6 Å². The van der Waals surface area contributed by atoms with Crippen molar-refractivity contribution >= 4 is 45.8 Å². The topological polar surface area (TPSA) is 117 Å². The lowest BCUT2D eigenvalue weighted by Crippen LogP contribution is -2.50. The van der Waals surface area contributed by atoms with Crippen LogP contribution in [0.1, 0.15) is 47.2 Å². The predicted octanol–water partition coefficient (Wildman–Crippen LogP) is 4.02. The molecule has 12 heteroatoms. The highest BCUT2D eigenvalue weighted by molar-refractivity contribution is 7.14. The predicted molar refractivity (Wildman–Crippen MR) is 148 cm³/mol. The summed E-state index contributed by atoms with van der Waals surface area (Å²) >= 11 is 1.24. The molecular weight excluding hydrogens is 520 g/mol. The Hall–Kier alpha value is -4.19. The van der Waals surface area contributed by atoms with Gasteiger partial charge in [-0.2, -0.15) is 0 Å². The number of hydrogen-bond donors (Lipinski definition) is 1. The molecule has 204 valence electrons. The average Bonchev–Trinajstić information content (AvgIpc) is 3.53. The normalized spacial score (nSPS) is 15.3. The van der Waals surface area contributed by atoms with E-state index in [-0.39, 0.29) is 17.7 Å². The zero-order valence-electron chi connectivity index (χ0n) is 22.3. The van der Waals surface area contributed by atoms with E-state index in [1.807, 2.05) is 39.0 Å². The molecule has 1 N–H and O–H groups in total. The van der Waals surface area contributed by atoms with Gasteiger partial charge in [0.15, 0.2) is 5.13 Å². The van der Waals surface area contributed by atoms with Crippen LogP contribution in [0.5, 0.6) is 5.75 Å². The van der Waals surface area contributed by atoms with Crippen LogP contribution in [0.3, 0.4) is 0 Å². The molecule has 0 atom stereocenters. The molecule has 0 bridgehead atoms. The minimum atomic E-state index is -0.550. The summed E-state index contributed by atoms with van der Waals surface area (Å²) < 4.78 is 10.7. The number of rotatable bonds is 5. The van der Waals surface area contributed by atoms with Gasteiger partial charge in [0, 0.05) is 43.3 Å². The molecule has 0 spiro atoms. The molecule has 5 rings (SSSR count). The largest absolute Gasteiger partial charge is 0.497 e. The number of benzene rings is 1. The fourth-order valence-corrected chi connectivity index (χ4v) is 5.26. The Labute approximate surface area is 230 Å². The van der Waals surface area contributed by atoms with E-state index in [0.29, 0.717) is 54.9 Å². The van der Waals surface area contributed by atoms with Crippen molar-refractivity contribution in [3.63, 3.8) is 0 Å². The van der Waals surface area contributed by atoms with Gasteiger partial charge in [-0.25, -0.2) is 9.78 Å². The second-order valence-corrected chi connectivity index (χ2v) is 11.1. The van der Waals surface area contributed by atoms with E-state index in [9.17, 15) is 14.4 Å². The highest BCUT2D eigenvalue weighted by Crippen LogP contribution is 2.33. The number of amides is 3. The lowest BCUT2D eigenvalue weighted by molar-refractivity contribution is 0.0240. The standard InChI is InChI=1S/C27H30N6O5S/c1-27(2,3)38-26(36)32-11-9-31(10-12-32)22-7-8-28-14-20(22)29-23(34)21-16-39-25(30-21)33-15-17-5-6-18(37-4)13-19(17)24(33)35/h5-8,13-14,16H,9-12,15H2,1-4H3,(H,29,34). The van der Waals surface area contributed by atoms with Gasteiger partial charge in [0.05, 0.1) is 31.2 Å². The van der Waals surface area contributed by atoms with Gasteiger partial charge in [-0.1, -0.05) is 6.07 Å². The minimum Gasteiger partial charge on any atom is -0.497 e. The third-order valence-electron chi connectivity index (χ3n) is 6.39. The summed E-state index contributed by atoms with van der Waals surface area (Å²) in [6.45, 7) is 8.07. The Morgan fingerprint density at radius 1 is 1.10 bits per heavy atom. The Morgan fingerprint density at radius 3 is 2.59 bits per heavy atom. The van der Waals surface area contributed by atoms with E-state index in [2.05, 4.69) is 20.2 Å². The first-order chi connectivity index (χ1) is 18.6. The van der Waals surface area contributed by atoms with E-state index in [1.165, 1.54) is 11.3 Å². The number of ether oxygens (including phenoxy) is 2. The van der Waals surface area contributed by atoms with E-state index in [1.54, 1.807) is 40.7 Å². The number of methoxy groups -OCH3 is 1. The van der Waals surface area contributed by atoms with Crippen LogP contribution in [0.2, 0.25) is 0 Å². The van der Waals surface area contributed by atoms with Crippen LogP contribution in [0.25, 0.3) is 0 Å². The number of anilines is 3. The lowest BCUT2D eigenvalue weighted by Gasteiger charge is -2.37. The van der Waals surface area contributed by atoms with Crippen molar-refractivity contribution in [3.05, 3.63) is 58.9 Å². The van der Waals surface area contributed by atoms with Gasteiger partial charge in [0.25, 0.3) is 11.8 Å². The van der Waals surface area contributed by atoms with Gasteiger partial charge in [-0.05, 0) is 44.5 Å². The fourth-order valence-electron chi connectivity index (χ4n) is 4.46. The molecule has 2 aromatic heterocycles. The molecule has 0 unspecified atom stereocenters. The number of nitrogens with one attached hydrogen (secondary N) is 1. The smallest absolute Gasteiger partial charge is 0.410 e. The Morgan fingerprint density at radius 2 is 1.87 bits per heavy atom. The second-order valence-electron chi connectivity index (χ2n) is 10.2. The highest BCUT2D eigenvalue weighted by Gasteiger charge is 2.32. The summed E-state index contributed by atoms with van der Waals surface area (Å²) in [6, 6.07) is 7.24. The summed E-state index contributed by atoms with van der Waals surface area (Å²) in [5.41, 5.74) is 2.46. The molecule has 11 nitrogen and oxygen atoms in total. The number of nitrogens with zero attached hydrogens (tertiary/aromatic N) is 5. The number of carbonyl (C=O) groups is 3. The van der Waals surface area contributed by atoms with Crippen molar-refractivity contribution in [1.29, 1.82) is 0 Å². The van der Waals surface area contributed by atoms with Crippen LogP contribution < -0.4 is 19.9 Å². The number of hydrogen-bond acceptors (Lipinski definition) is 9. The van der Waals surface area contributed by atoms with Gasteiger partial charge in [0.1, 0.15) is 17.0 Å². The van der Waals surface area contributed by atoms with E-state index in [0.717, 1.165) is 11.3 Å². The summed E-state index contributed by atoms with van der Waals surface area (Å²) in [4.78, 5) is 52.5. The summed E-state index contributed by atoms with van der Waals surface area (Å²) in [5, 5.41) is 5.00. The van der Waals surface area contributed by atoms with Gasteiger partial charge in [-0.15, -0.1) is 11.3 Å². The summed E-state index contributed by atoms with van der Waals surface area (Å²) in [7, 11) is 1.56. The number of pyridine rings is 1. The van der Waals surface area contributed by atoms with Crippen LogP contribution in [0.4, 0.5) is 21.3 Å². The lowest BCUT2D eigenvalue weighted by atomic mass is 10.1. The molecule has 3 aromatic rings. The third-order valence-corrected chi connectivity index (χ3v) is 7.26. The van der Waals surface area contributed by atoms with Crippen LogP contribution in [-0.2, 0) is 11.3 Å². The molecule has 2 aliphatic rings. The number of carbonyl (C=O) groups excluding carboxylic acids is 3. The summed E-state index contributed by atoms with van der Waals surface area (Å²) in [6.07, 6.45) is 2.93. The Balaban J connectivity index is 1.24. The van der Waals surface area contributed by atoms with Crippen molar-refractivity contribution < 1.29 is 23.9 Å². The maximum Gasteiger partial charge on any atom is 0.410 e. The Kier molecular flexibility index (Phi) is 7.13. The fraction of sp³-hybridized carbons (Fsp3) is 0.370. The third kappa shape index (κ3) is 5.65. The molecule has 0 aliphatic carbocycles. The first-order valence-corrected chi connectivity index (χ1v) is 13.4. The first-order valence-electron chi connectivity index (χ1n) is 12.6. The Bertz CT molecular complexity index is 1410. The molecule has 1 saturated heterocycles.